The molecule has 0 aliphatic carbocycles. The van der Waals surface area contributed by atoms with E-state index in [0.717, 1.165) is 11.4 Å². The van der Waals surface area contributed by atoms with E-state index in [1.165, 1.54) is 4.90 Å². The normalized spacial score (nSPS) is 11.4. The molecular formula is C28H36ClN5O3. The Balaban J connectivity index is 1.79. The van der Waals surface area contributed by atoms with Crippen LogP contribution in [0.1, 0.15) is 47.2 Å². The number of aromatic nitrogens is 2. The monoisotopic (exact) mass is 525 g/mol. The van der Waals surface area contributed by atoms with Gasteiger partial charge in [0.25, 0.3) is 0 Å². The van der Waals surface area contributed by atoms with Gasteiger partial charge in [0.2, 0.25) is 5.91 Å². The minimum atomic E-state index is -0.358. The number of halogens is 1. The van der Waals surface area contributed by atoms with E-state index in [1.54, 1.807) is 35.0 Å². The predicted molar refractivity (Wildman–Crippen MR) is 149 cm³/mol. The van der Waals surface area contributed by atoms with Crippen molar-refractivity contribution in [2.75, 3.05) is 30.3 Å². The molecule has 0 bridgehead atoms. The van der Waals surface area contributed by atoms with Crippen LogP contribution in [0.25, 0.3) is 5.69 Å². The summed E-state index contributed by atoms with van der Waals surface area (Å²) in [5.41, 5.74) is 1.83. The van der Waals surface area contributed by atoms with E-state index in [9.17, 15) is 9.59 Å². The second-order valence-corrected chi connectivity index (χ2v) is 10.6. The number of carbonyl (C=O) groups is 2. The van der Waals surface area contributed by atoms with Gasteiger partial charge >= 0.3 is 6.03 Å². The third-order valence-corrected chi connectivity index (χ3v) is 5.77. The molecule has 1 aromatic heterocycles. The van der Waals surface area contributed by atoms with Gasteiger partial charge in [0.05, 0.1) is 23.0 Å². The summed E-state index contributed by atoms with van der Waals surface area (Å²) in [5, 5.41) is 11.0. The first kappa shape index (κ1) is 28.1. The molecule has 3 amide bonds. The summed E-state index contributed by atoms with van der Waals surface area (Å²) in [6.07, 6.45) is 0. The van der Waals surface area contributed by atoms with Crippen LogP contribution in [0.2, 0.25) is 5.02 Å². The third kappa shape index (κ3) is 7.73. The highest BCUT2D eigenvalue weighted by atomic mass is 35.5. The molecule has 0 aliphatic rings. The number of benzene rings is 2. The Morgan fingerprint density at radius 3 is 2.35 bits per heavy atom. The van der Waals surface area contributed by atoms with E-state index in [-0.39, 0.29) is 29.8 Å². The maximum atomic E-state index is 13.2. The van der Waals surface area contributed by atoms with Crippen LogP contribution in [0.4, 0.5) is 16.3 Å². The van der Waals surface area contributed by atoms with Crippen LogP contribution >= 0.6 is 11.6 Å². The lowest BCUT2D eigenvalue weighted by atomic mass is 9.92. The molecule has 2 aromatic carbocycles. The lowest BCUT2D eigenvalue weighted by Crippen LogP contribution is -2.42. The van der Waals surface area contributed by atoms with Crippen LogP contribution in [0, 0.1) is 5.92 Å². The molecule has 198 valence electrons. The topological polar surface area (TPSA) is 88.5 Å². The fourth-order valence-corrected chi connectivity index (χ4v) is 3.88. The van der Waals surface area contributed by atoms with E-state index >= 15 is 0 Å². The molecular weight excluding hydrogens is 490 g/mol. The summed E-state index contributed by atoms with van der Waals surface area (Å²) in [6.45, 7) is 12.9. The van der Waals surface area contributed by atoms with Crippen molar-refractivity contribution in [1.82, 2.24) is 14.7 Å². The largest absolute Gasteiger partial charge is 0.494 e. The quantitative estimate of drug-likeness (QED) is 0.340. The van der Waals surface area contributed by atoms with Crippen LogP contribution in [-0.4, -0.2) is 46.3 Å². The Morgan fingerprint density at radius 1 is 1.08 bits per heavy atom. The van der Waals surface area contributed by atoms with Gasteiger partial charge in [-0.15, -0.1) is 0 Å². The van der Waals surface area contributed by atoms with Gasteiger partial charge in [-0.2, -0.15) is 5.10 Å². The predicted octanol–water partition coefficient (Wildman–Crippen LogP) is 6.35. The molecule has 3 aromatic rings. The SMILES string of the molecule is CCOc1ccc(NC(=O)N(CC(=O)Nc2cc(C(C)(C)C)nn2-c2ccccc2Cl)CC(C)C)cc1. The molecule has 0 radical (unpaired) electrons. The van der Waals surface area contributed by atoms with Crippen LogP contribution in [-0.2, 0) is 10.2 Å². The van der Waals surface area contributed by atoms with Crippen LogP contribution in [0.3, 0.4) is 0 Å². The zero-order valence-electron chi connectivity index (χ0n) is 22.3. The number of hydrogen-bond acceptors (Lipinski definition) is 4. The van der Waals surface area contributed by atoms with E-state index in [2.05, 4.69) is 10.6 Å². The Kier molecular flexibility index (Phi) is 9.21. The summed E-state index contributed by atoms with van der Waals surface area (Å²) in [7, 11) is 0. The van der Waals surface area contributed by atoms with Gasteiger partial charge in [0.15, 0.2) is 0 Å². The first-order valence-electron chi connectivity index (χ1n) is 12.4. The third-order valence-electron chi connectivity index (χ3n) is 5.45. The molecule has 0 unspecified atom stereocenters. The number of nitrogens with zero attached hydrogens (tertiary/aromatic N) is 3. The van der Waals surface area contributed by atoms with Crippen molar-refractivity contribution in [3.05, 3.63) is 65.3 Å². The standard InChI is InChI=1S/C28H36ClN5O3/c1-7-37-21-14-12-20(13-15-21)30-27(36)33(17-19(2)3)18-26(35)31-25-16-24(28(4,5)6)32-34(25)23-11-9-8-10-22(23)29/h8-16,19H,7,17-18H2,1-6H3,(H,30,36)(H,31,35). The highest BCUT2D eigenvalue weighted by Gasteiger charge is 2.24. The van der Waals surface area contributed by atoms with Gasteiger partial charge in [-0.05, 0) is 49.2 Å². The first-order chi connectivity index (χ1) is 17.5. The molecule has 3 rings (SSSR count). The van der Waals surface area contributed by atoms with Crippen molar-refractivity contribution < 1.29 is 14.3 Å². The number of ether oxygens (including phenoxy) is 1. The highest BCUT2D eigenvalue weighted by Crippen LogP contribution is 2.29. The molecule has 2 N–H and O–H groups in total. The van der Waals surface area contributed by atoms with Crippen molar-refractivity contribution in [2.45, 2.75) is 47.0 Å². The molecule has 0 spiro atoms. The molecule has 1 heterocycles. The first-order valence-corrected chi connectivity index (χ1v) is 12.8. The van der Waals surface area contributed by atoms with Gasteiger partial charge in [0, 0.05) is 23.7 Å². The molecule has 37 heavy (non-hydrogen) atoms. The minimum Gasteiger partial charge on any atom is -0.494 e. The zero-order valence-corrected chi connectivity index (χ0v) is 23.1. The number of nitrogens with one attached hydrogen (secondary N) is 2. The Labute approximate surface area is 223 Å². The summed E-state index contributed by atoms with van der Waals surface area (Å²) < 4.78 is 7.09. The van der Waals surface area contributed by atoms with Gasteiger partial charge in [-0.25, -0.2) is 9.48 Å². The average Bonchev–Trinajstić information content (AvgIpc) is 3.24. The summed E-state index contributed by atoms with van der Waals surface area (Å²) >= 11 is 6.44. The van der Waals surface area contributed by atoms with E-state index in [4.69, 9.17) is 21.4 Å². The van der Waals surface area contributed by atoms with Crippen LogP contribution in [0.15, 0.2) is 54.6 Å². The maximum Gasteiger partial charge on any atom is 0.322 e. The number of anilines is 2. The van der Waals surface area contributed by atoms with Crippen LogP contribution in [0.5, 0.6) is 5.75 Å². The number of hydrogen-bond donors (Lipinski definition) is 2. The number of carbonyl (C=O) groups excluding carboxylic acids is 2. The zero-order chi connectivity index (χ0) is 27.2. The molecule has 9 heteroatoms. The molecule has 0 saturated carbocycles. The molecule has 0 saturated heterocycles. The lowest BCUT2D eigenvalue weighted by molar-refractivity contribution is -0.116. The van der Waals surface area contributed by atoms with Crippen molar-refractivity contribution in [1.29, 1.82) is 0 Å². The van der Waals surface area contributed by atoms with Gasteiger partial charge in [-0.1, -0.05) is 58.4 Å². The maximum absolute atomic E-state index is 13.2. The summed E-state index contributed by atoms with van der Waals surface area (Å²) in [6, 6.07) is 15.9. The number of rotatable bonds is 9. The van der Waals surface area contributed by atoms with Gasteiger partial charge in [-0.3, -0.25) is 4.79 Å². The number of amides is 3. The van der Waals surface area contributed by atoms with Gasteiger partial charge < -0.3 is 20.3 Å². The minimum absolute atomic E-state index is 0.125. The van der Waals surface area contributed by atoms with Crippen molar-refractivity contribution in [3.8, 4) is 11.4 Å². The Hall–Kier alpha value is -3.52. The fourth-order valence-electron chi connectivity index (χ4n) is 3.66. The van der Waals surface area contributed by atoms with Crippen molar-refractivity contribution in [3.63, 3.8) is 0 Å². The lowest BCUT2D eigenvalue weighted by Gasteiger charge is -2.24. The summed E-state index contributed by atoms with van der Waals surface area (Å²) in [4.78, 5) is 27.8. The molecule has 0 fully saturated rings. The highest BCUT2D eigenvalue weighted by molar-refractivity contribution is 6.32. The van der Waals surface area contributed by atoms with Crippen LogP contribution < -0.4 is 15.4 Å². The average molecular weight is 526 g/mol. The molecule has 0 aliphatic heterocycles. The van der Waals surface area contributed by atoms with Gasteiger partial charge in [0.1, 0.15) is 18.1 Å². The number of urea groups is 1. The second-order valence-electron chi connectivity index (χ2n) is 10.2. The summed E-state index contributed by atoms with van der Waals surface area (Å²) in [5.74, 6) is 1.04. The van der Waals surface area contributed by atoms with E-state index in [1.807, 2.05) is 65.8 Å². The smallest absolute Gasteiger partial charge is 0.322 e. The van der Waals surface area contributed by atoms with E-state index < -0.39 is 0 Å². The van der Waals surface area contributed by atoms with Crippen molar-refractivity contribution >= 4 is 35.0 Å². The van der Waals surface area contributed by atoms with Crippen molar-refractivity contribution in [2.24, 2.45) is 5.92 Å². The molecule has 0 atom stereocenters. The number of para-hydroxylation sites is 1. The Bertz CT molecular complexity index is 1220. The fraction of sp³-hybridized carbons (Fsp3) is 0.393. The molecule has 8 nitrogen and oxygen atoms in total. The second kappa shape index (κ2) is 12.1. The van der Waals surface area contributed by atoms with E-state index in [0.29, 0.717) is 35.4 Å². The Morgan fingerprint density at radius 2 is 1.76 bits per heavy atom.